The molecule has 1 aromatic carbocycles. The van der Waals surface area contributed by atoms with E-state index in [9.17, 15) is 0 Å². The summed E-state index contributed by atoms with van der Waals surface area (Å²) >= 11 is 1.69. The number of rotatable bonds is 3. The van der Waals surface area contributed by atoms with Crippen LogP contribution in [-0.4, -0.2) is 60.2 Å². The number of hydrazine groups is 1. The highest BCUT2D eigenvalue weighted by molar-refractivity contribution is 7.25. The fourth-order valence-corrected chi connectivity index (χ4v) is 3.82. The van der Waals surface area contributed by atoms with Gasteiger partial charge in [-0.2, -0.15) is 0 Å². The lowest BCUT2D eigenvalue weighted by Crippen LogP contribution is -2.47. The highest BCUT2D eigenvalue weighted by Gasteiger charge is 2.15. The molecule has 7 heteroatoms. The molecule has 2 aromatic heterocycles. The number of piperazine rings is 1. The average molecular weight is 329 g/mol. The standard InChI is InChI=1S/C16H19N5OS/c1-20-5-7-21(8-6-20)19-16-17-10-14-15(18-16)12-4-3-11(22-2)9-13(12)23-14/h3-4,9-10H,5-8H2,1-2H3,(H,17,18,19). The monoisotopic (exact) mass is 329 g/mol. The van der Waals surface area contributed by atoms with Crippen LogP contribution < -0.4 is 10.2 Å². The largest absolute Gasteiger partial charge is 0.497 e. The number of ether oxygens (including phenoxy) is 1. The van der Waals surface area contributed by atoms with Gasteiger partial charge in [0.1, 0.15) is 5.75 Å². The van der Waals surface area contributed by atoms with Gasteiger partial charge in [0.15, 0.2) is 0 Å². The minimum absolute atomic E-state index is 0.664. The van der Waals surface area contributed by atoms with Crippen molar-refractivity contribution in [3.63, 3.8) is 0 Å². The van der Waals surface area contributed by atoms with Crippen molar-refractivity contribution in [2.24, 2.45) is 0 Å². The maximum atomic E-state index is 5.30. The number of likely N-dealkylation sites (N-methyl/N-ethyl adjacent to an activating group) is 1. The summed E-state index contributed by atoms with van der Waals surface area (Å²) in [6.07, 6.45) is 1.90. The number of nitrogens with one attached hydrogen (secondary N) is 1. The predicted molar refractivity (Wildman–Crippen MR) is 94.2 cm³/mol. The fraction of sp³-hybridized carbons (Fsp3) is 0.375. The summed E-state index contributed by atoms with van der Waals surface area (Å²) in [5.41, 5.74) is 4.33. The molecule has 0 amide bonds. The predicted octanol–water partition coefficient (Wildman–Crippen LogP) is 2.43. The Morgan fingerprint density at radius 2 is 2.00 bits per heavy atom. The van der Waals surface area contributed by atoms with Crippen molar-refractivity contribution in [3.05, 3.63) is 24.4 Å². The molecule has 6 nitrogen and oxygen atoms in total. The van der Waals surface area contributed by atoms with Gasteiger partial charge in [0.05, 0.1) is 23.5 Å². The van der Waals surface area contributed by atoms with Crippen LogP contribution in [-0.2, 0) is 0 Å². The Morgan fingerprint density at radius 3 is 2.78 bits per heavy atom. The molecule has 1 saturated heterocycles. The normalized spacial score (nSPS) is 17.0. The van der Waals surface area contributed by atoms with Crippen LogP contribution in [0.5, 0.6) is 5.75 Å². The maximum absolute atomic E-state index is 5.30. The van der Waals surface area contributed by atoms with E-state index < -0.39 is 0 Å². The van der Waals surface area contributed by atoms with Gasteiger partial charge in [0, 0.05) is 36.3 Å². The zero-order chi connectivity index (χ0) is 15.8. The van der Waals surface area contributed by atoms with Crippen molar-refractivity contribution in [2.75, 3.05) is 45.8 Å². The fourth-order valence-electron chi connectivity index (χ4n) is 2.78. The quantitative estimate of drug-likeness (QED) is 0.796. The number of anilines is 1. The molecule has 1 aliphatic heterocycles. The highest BCUT2D eigenvalue weighted by atomic mass is 32.1. The number of thiophene rings is 1. The van der Waals surface area contributed by atoms with Crippen LogP contribution in [0.3, 0.4) is 0 Å². The first-order valence-corrected chi connectivity index (χ1v) is 8.48. The van der Waals surface area contributed by atoms with E-state index >= 15 is 0 Å². The second-order valence-electron chi connectivity index (χ2n) is 5.77. The lowest BCUT2D eigenvalue weighted by Gasteiger charge is -2.32. The summed E-state index contributed by atoms with van der Waals surface area (Å²) in [6.45, 7) is 4.05. The molecule has 120 valence electrons. The van der Waals surface area contributed by atoms with E-state index in [1.165, 1.54) is 4.70 Å². The molecule has 3 heterocycles. The topological polar surface area (TPSA) is 53.5 Å². The van der Waals surface area contributed by atoms with Gasteiger partial charge in [-0.25, -0.2) is 15.0 Å². The second-order valence-corrected chi connectivity index (χ2v) is 6.86. The molecule has 0 atom stereocenters. The number of hydrogen-bond donors (Lipinski definition) is 1. The van der Waals surface area contributed by atoms with Crippen molar-refractivity contribution < 1.29 is 4.74 Å². The number of hydrogen-bond acceptors (Lipinski definition) is 7. The smallest absolute Gasteiger partial charge is 0.238 e. The number of fused-ring (bicyclic) bond motifs is 3. The van der Waals surface area contributed by atoms with E-state index in [0.29, 0.717) is 5.95 Å². The van der Waals surface area contributed by atoms with Gasteiger partial charge in [0.2, 0.25) is 5.95 Å². The molecule has 0 saturated carbocycles. The summed E-state index contributed by atoms with van der Waals surface area (Å²) in [5.74, 6) is 1.53. The third kappa shape index (κ3) is 2.83. The Morgan fingerprint density at radius 1 is 1.17 bits per heavy atom. The molecule has 3 aromatic rings. The molecule has 0 unspecified atom stereocenters. The summed E-state index contributed by atoms with van der Waals surface area (Å²) in [4.78, 5) is 11.5. The molecule has 0 bridgehead atoms. The molecular formula is C16H19N5OS. The van der Waals surface area contributed by atoms with Gasteiger partial charge >= 0.3 is 0 Å². The van der Waals surface area contributed by atoms with Crippen molar-refractivity contribution in [1.82, 2.24) is 19.9 Å². The summed E-state index contributed by atoms with van der Waals surface area (Å²) in [7, 11) is 3.83. The van der Waals surface area contributed by atoms with Crippen LogP contribution in [0.2, 0.25) is 0 Å². The molecule has 0 radical (unpaired) electrons. The van der Waals surface area contributed by atoms with Gasteiger partial charge in [-0.3, -0.25) is 5.43 Å². The minimum Gasteiger partial charge on any atom is -0.497 e. The maximum Gasteiger partial charge on any atom is 0.238 e. The Kier molecular flexibility index (Phi) is 3.76. The molecule has 1 fully saturated rings. The molecule has 1 aliphatic rings. The average Bonchev–Trinajstić information content (AvgIpc) is 2.94. The second kappa shape index (κ2) is 5.92. The van der Waals surface area contributed by atoms with Crippen LogP contribution in [0.4, 0.5) is 5.95 Å². The van der Waals surface area contributed by atoms with Crippen LogP contribution in [0.25, 0.3) is 20.3 Å². The van der Waals surface area contributed by atoms with E-state index in [1.807, 2.05) is 12.3 Å². The highest BCUT2D eigenvalue weighted by Crippen LogP contribution is 2.34. The Labute approximate surface area is 138 Å². The first-order valence-electron chi connectivity index (χ1n) is 7.66. The summed E-state index contributed by atoms with van der Waals surface area (Å²) in [6, 6.07) is 6.10. The third-order valence-electron chi connectivity index (χ3n) is 4.18. The Bertz CT molecular complexity index is 841. The van der Waals surface area contributed by atoms with Gasteiger partial charge in [-0.05, 0) is 25.2 Å². The number of nitrogens with zero attached hydrogens (tertiary/aromatic N) is 4. The van der Waals surface area contributed by atoms with Gasteiger partial charge in [-0.15, -0.1) is 11.3 Å². The SMILES string of the molecule is COc1ccc2c(c1)sc1cnc(NN3CCN(C)CC3)nc12. The molecule has 0 spiro atoms. The molecular weight excluding hydrogens is 310 g/mol. The van der Waals surface area contributed by atoms with E-state index in [4.69, 9.17) is 9.72 Å². The number of benzene rings is 1. The molecule has 1 N–H and O–H groups in total. The Balaban J connectivity index is 1.65. The van der Waals surface area contributed by atoms with Crippen molar-refractivity contribution >= 4 is 37.6 Å². The molecule has 0 aliphatic carbocycles. The number of methoxy groups -OCH3 is 1. The minimum atomic E-state index is 0.664. The first kappa shape index (κ1) is 14.6. The molecule has 23 heavy (non-hydrogen) atoms. The van der Waals surface area contributed by atoms with Crippen LogP contribution >= 0.6 is 11.3 Å². The zero-order valence-corrected chi connectivity index (χ0v) is 14.1. The van der Waals surface area contributed by atoms with Crippen molar-refractivity contribution in [1.29, 1.82) is 0 Å². The van der Waals surface area contributed by atoms with Crippen LogP contribution in [0, 0.1) is 0 Å². The zero-order valence-electron chi connectivity index (χ0n) is 13.2. The van der Waals surface area contributed by atoms with E-state index in [0.717, 1.165) is 47.5 Å². The van der Waals surface area contributed by atoms with Crippen LogP contribution in [0.1, 0.15) is 0 Å². The third-order valence-corrected chi connectivity index (χ3v) is 5.26. The van der Waals surface area contributed by atoms with E-state index in [-0.39, 0.29) is 0 Å². The van der Waals surface area contributed by atoms with E-state index in [1.54, 1.807) is 18.4 Å². The van der Waals surface area contributed by atoms with Crippen molar-refractivity contribution in [3.8, 4) is 5.75 Å². The van der Waals surface area contributed by atoms with Gasteiger partial charge < -0.3 is 9.64 Å². The number of aromatic nitrogens is 2. The molecule has 4 rings (SSSR count). The van der Waals surface area contributed by atoms with Gasteiger partial charge in [0.25, 0.3) is 0 Å². The first-order chi connectivity index (χ1) is 11.2. The van der Waals surface area contributed by atoms with Gasteiger partial charge in [-0.1, -0.05) is 0 Å². The van der Waals surface area contributed by atoms with Crippen LogP contribution in [0.15, 0.2) is 24.4 Å². The summed E-state index contributed by atoms with van der Waals surface area (Å²) < 4.78 is 7.57. The van der Waals surface area contributed by atoms with Crippen molar-refractivity contribution in [2.45, 2.75) is 0 Å². The lowest BCUT2D eigenvalue weighted by atomic mass is 10.2. The Hall–Kier alpha value is -1.96. The van der Waals surface area contributed by atoms with E-state index in [2.05, 4.69) is 39.5 Å². The summed E-state index contributed by atoms with van der Waals surface area (Å²) in [5, 5.41) is 3.33. The lowest BCUT2D eigenvalue weighted by molar-refractivity contribution is 0.178.